The molecule has 0 aromatic carbocycles. The Kier molecular flexibility index (Phi) is 28.9. The van der Waals surface area contributed by atoms with Crippen LogP contribution in [0.3, 0.4) is 0 Å². The Morgan fingerprint density at radius 3 is 1.75 bits per heavy atom. The molecule has 1 fully saturated rings. The van der Waals surface area contributed by atoms with Gasteiger partial charge in [-0.25, -0.2) is 4.79 Å². The number of hydrogen-bond donors (Lipinski definition) is 3. The number of carbonyl (C=O) groups excluding carboxylic acids is 2. The van der Waals surface area contributed by atoms with Crippen LogP contribution in [0.4, 0.5) is 0 Å². The molecule has 0 aliphatic carbocycles. The lowest BCUT2D eigenvalue weighted by atomic mass is 9.99. The van der Waals surface area contributed by atoms with E-state index in [9.17, 15) is 24.9 Å². The van der Waals surface area contributed by atoms with E-state index in [0.29, 0.717) is 6.42 Å². The van der Waals surface area contributed by atoms with Crippen LogP contribution in [-0.2, 0) is 23.8 Å². The topological polar surface area (TPSA) is 123 Å². The summed E-state index contributed by atoms with van der Waals surface area (Å²) in [4.78, 5) is 25.2. The molecule has 1 aliphatic rings. The fourth-order valence-electron chi connectivity index (χ4n) is 6.01. The predicted octanol–water partition coefficient (Wildman–Crippen LogP) is 11.5. The van der Waals surface area contributed by atoms with Crippen LogP contribution in [0.15, 0.2) is 119 Å². The van der Waals surface area contributed by atoms with Crippen molar-refractivity contribution < 1.29 is 39.1 Å². The summed E-state index contributed by atoms with van der Waals surface area (Å²) in [7, 11) is 0. The van der Waals surface area contributed by atoms with Gasteiger partial charge in [0.15, 0.2) is 0 Å². The van der Waals surface area contributed by atoms with Gasteiger partial charge in [0.2, 0.25) is 6.29 Å². The lowest BCUT2D eigenvalue weighted by Crippen LogP contribution is -2.59. The molecular weight excluding hydrogens is 741 g/mol. The van der Waals surface area contributed by atoms with E-state index in [1.807, 2.05) is 56.4 Å². The third-order valence-electron chi connectivity index (χ3n) is 10.2. The summed E-state index contributed by atoms with van der Waals surface area (Å²) in [5.74, 6) is -0.384. The molecule has 1 aliphatic heterocycles. The number of carbonyl (C=O) groups is 2. The summed E-state index contributed by atoms with van der Waals surface area (Å²) in [6.45, 7) is 18.2. The highest BCUT2D eigenvalue weighted by Crippen LogP contribution is 2.24. The highest BCUT2D eigenvalue weighted by Gasteiger charge is 2.46. The minimum Gasteiger partial charge on any atom is -0.463 e. The second-order valence-corrected chi connectivity index (χ2v) is 16.4. The van der Waals surface area contributed by atoms with E-state index >= 15 is 0 Å². The highest BCUT2D eigenvalue weighted by molar-refractivity contribution is 5.88. The van der Waals surface area contributed by atoms with Crippen LogP contribution in [0.25, 0.3) is 0 Å². The molecule has 1 rings (SSSR count). The molecule has 6 atom stereocenters. The molecule has 0 amide bonds. The summed E-state index contributed by atoms with van der Waals surface area (Å²) in [6, 6.07) is 0. The number of esters is 2. The molecule has 1 saturated heterocycles. The summed E-state index contributed by atoms with van der Waals surface area (Å²) < 4.78 is 16.2. The van der Waals surface area contributed by atoms with Crippen LogP contribution in [-0.4, -0.2) is 64.6 Å². The summed E-state index contributed by atoms with van der Waals surface area (Å²) in [6.07, 6.45) is 34.1. The van der Waals surface area contributed by atoms with Gasteiger partial charge in [-0.05, 0) is 73.6 Å². The van der Waals surface area contributed by atoms with Crippen molar-refractivity contribution in [2.45, 2.75) is 176 Å². The fourth-order valence-corrected chi connectivity index (χ4v) is 6.01. The third-order valence-corrected chi connectivity index (χ3v) is 10.2. The van der Waals surface area contributed by atoms with E-state index in [-0.39, 0.29) is 18.6 Å². The van der Waals surface area contributed by atoms with E-state index in [2.05, 4.69) is 71.9 Å². The number of unbranched alkanes of at least 4 members (excludes halogenated alkanes) is 7. The molecule has 8 heteroatoms. The first-order chi connectivity index (χ1) is 28.1. The first-order valence-corrected chi connectivity index (χ1v) is 21.9. The Bertz CT molecular complexity index is 1540. The Morgan fingerprint density at radius 2 is 1.17 bits per heavy atom. The Morgan fingerprint density at radius 1 is 0.644 bits per heavy atom. The van der Waals surface area contributed by atoms with Gasteiger partial charge in [0, 0.05) is 12.0 Å². The molecule has 0 saturated carbocycles. The van der Waals surface area contributed by atoms with Crippen molar-refractivity contribution in [3.63, 3.8) is 0 Å². The molecule has 59 heavy (non-hydrogen) atoms. The molecule has 2 unspecified atom stereocenters. The molecule has 330 valence electrons. The van der Waals surface area contributed by atoms with Crippen molar-refractivity contribution in [1.82, 2.24) is 0 Å². The molecule has 0 spiro atoms. The molecule has 8 nitrogen and oxygen atoms in total. The minimum absolute atomic E-state index is 0.234. The van der Waals surface area contributed by atoms with Crippen LogP contribution in [0.1, 0.15) is 146 Å². The zero-order valence-electron chi connectivity index (χ0n) is 37.8. The number of hydrogen-bond acceptors (Lipinski definition) is 8. The smallest absolute Gasteiger partial charge is 0.336 e. The van der Waals surface area contributed by atoms with E-state index in [4.69, 9.17) is 14.2 Å². The standard InChI is InChI=1S/C51H78O8/c1-10-39(4)26-17-15-13-11-12-14-16-18-36-46(52)57-37-45-47(53)48(54)49(55)51(58-45)59-50(56)44(9)35-24-34-43(8)33-23-31-41(6)28-20-19-27-40(5)30-22-32-42(7)29-21-25-38(2)3/h19-20,22-25,27-28,30-35,39,45,47-49,51,53-55H,10-18,21,26,29,36-37H2,1-9H3/b20-19+,30-22+,31-23+,34-24+,40-27+,41-28+,42-32+,43-33+,44-35+/t39?,45-,47-,48+,49-,51?/m1/s1. The normalized spacial score (nSPS) is 21.9. The summed E-state index contributed by atoms with van der Waals surface area (Å²) in [5.41, 5.74) is 6.16. The zero-order chi connectivity index (χ0) is 44.0. The van der Waals surface area contributed by atoms with Crippen molar-refractivity contribution in [2.75, 3.05) is 6.61 Å². The van der Waals surface area contributed by atoms with Crippen LogP contribution in [0.2, 0.25) is 0 Å². The minimum atomic E-state index is -1.68. The number of aliphatic hydroxyl groups is 3. The predicted molar refractivity (Wildman–Crippen MR) is 243 cm³/mol. The molecule has 0 aromatic rings. The molecule has 0 bridgehead atoms. The monoisotopic (exact) mass is 819 g/mol. The molecule has 3 N–H and O–H groups in total. The Hall–Kier alpha value is -3.82. The van der Waals surface area contributed by atoms with E-state index in [1.54, 1.807) is 19.1 Å². The van der Waals surface area contributed by atoms with Gasteiger partial charge in [-0.2, -0.15) is 0 Å². The number of aliphatic hydroxyl groups excluding tert-OH is 3. The maximum atomic E-state index is 12.8. The second-order valence-electron chi connectivity index (χ2n) is 16.4. The van der Waals surface area contributed by atoms with Crippen molar-refractivity contribution in [3.05, 3.63) is 119 Å². The van der Waals surface area contributed by atoms with Gasteiger partial charge in [-0.3, -0.25) is 4.79 Å². The molecule has 0 aromatic heterocycles. The summed E-state index contributed by atoms with van der Waals surface area (Å²) in [5, 5.41) is 31.3. The van der Waals surface area contributed by atoms with Gasteiger partial charge in [-0.1, -0.05) is 185 Å². The lowest BCUT2D eigenvalue weighted by molar-refractivity contribution is -0.292. The van der Waals surface area contributed by atoms with Gasteiger partial charge in [0.1, 0.15) is 31.0 Å². The molecular formula is C51H78O8. The van der Waals surface area contributed by atoms with Gasteiger partial charge < -0.3 is 29.5 Å². The third kappa shape index (κ3) is 26.1. The lowest BCUT2D eigenvalue weighted by Gasteiger charge is -2.39. The summed E-state index contributed by atoms with van der Waals surface area (Å²) >= 11 is 0. The van der Waals surface area contributed by atoms with Crippen molar-refractivity contribution in [1.29, 1.82) is 0 Å². The van der Waals surface area contributed by atoms with Crippen LogP contribution < -0.4 is 0 Å². The average Bonchev–Trinajstić information content (AvgIpc) is 3.19. The molecule has 1 heterocycles. The quantitative estimate of drug-likeness (QED) is 0.0246. The van der Waals surface area contributed by atoms with Gasteiger partial charge in [0.25, 0.3) is 0 Å². The number of rotatable bonds is 27. The van der Waals surface area contributed by atoms with Crippen molar-refractivity contribution >= 4 is 11.9 Å². The first kappa shape index (κ1) is 53.2. The van der Waals surface area contributed by atoms with Gasteiger partial charge in [-0.15, -0.1) is 0 Å². The fraction of sp³-hybridized carbons (Fsp3) is 0.569. The van der Waals surface area contributed by atoms with Crippen molar-refractivity contribution in [3.8, 4) is 0 Å². The largest absolute Gasteiger partial charge is 0.463 e. The van der Waals surface area contributed by atoms with Gasteiger partial charge in [0.05, 0.1) is 0 Å². The van der Waals surface area contributed by atoms with Crippen LogP contribution in [0.5, 0.6) is 0 Å². The number of allylic oxidation sites excluding steroid dienone is 19. The maximum Gasteiger partial charge on any atom is 0.336 e. The van der Waals surface area contributed by atoms with Crippen molar-refractivity contribution in [2.24, 2.45) is 5.92 Å². The maximum absolute atomic E-state index is 12.8. The average molecular weight is 819 g/mol. The van der Waals surface area contributed by atoms with E-state index < -0.39 is 42.6 Å². The Labute approximate surface area is 357 Å². The Balaban J connectivity index is 2.52. The first-order valence-electron chi connectivity index (χ1n) is 21.9. The zero-order valence-corrected chi connectivity index (χ0v) is 37.8. The highest BCUT2D eigenvalue weighted by atomic mass is 16.7. The van der Waals surface area contributed by atoms with E-state index in [1.165, 1.54) is 55.2 Å². The van der Waals surface area contributed by atoms with Crippen LogP contribution >= 0.6 is 0 Å². The van der Waals surface area contributed by atoms with Crippen LogP contribution in [0, 0.1) is 5.92 Å². The molecule has 0 radical (unpaired) electrons. The number of ether oxygens (including phenoxy) is 3. The van der Waals surface area contributed by atoms with Gasteiger partial charge >= 0.3 is 11.9 Å². The second kappa shape index (κ2) is 32.0. The van der Waals surface area contributed by atoms with E-state index in [0.717, 1.165) is 49.2 Å². The SMILES string of the molecule is CCC(C)CCCCCCCCCCC(=O)OC[C@H]1OC(OC(=O)/C(C)=C/C=C/C(C)=C/C=C/C(C)=C/C=C/C=C(C)/C=C/C=C(\C)CCC=C(C)C)[C@H](O)[C@@H](O)[C@@H]1O.